The molecule has 0 spiro atoms. The van der Waals surface area contributed by atoms with Crippen LogP contribution in [0.3, 0.4) is 0 Å². The Bertz CT molecular complexity index is 444. The van der Waals surface area contributed by atoms with E-state index in [9.17, 15) is 0 Å². The summed E-state index contributed by atoms with van der Waals surface area (Å²) < 4.78 is 0.881. The Kier molecular flexibility index (Phi) is 6.48. The van der Waals surface area contributed by atoms with Crippen LogP contribution in [0.25, 0.3) is 0 Å². The predicted molar refractivity (Wildman–Crippen MR) is 137 cm³/mol. The van der Waals surface area contributed by atoms with Crippen LogP contribution < -0.4 is 0 Å². The molecule has 2 atom stereocenters. The highest BCUT2D eigenvalue weighted by Gasteiger charge is 2.80. The van der Waals surface area contributed by atoms with Gasteiger partial charge in [-0.2, -0.15) is 0 Å². The van der Waals surface area contributed by atoms with Crippen molar-refractivity contribution in [1.82, 2.24) is 0 Å². The Morgan fingerprint density at radius 1 is 0.583 bits per heavy atom. The molecule has 1 fully saturated rings. The van der Waals surface area contributed by atoms with Crippen molar-refractivity contribution in [3.05, 3.63) is 0 Å². The van der Waals surface area contributed by atoms with E-state index >= 15 is 0 Å². The minimum atomic E-state index is -1.18. The molecule has 7 heteroatoms. The molecule has 0 radical (unpaired) electrons. The van der Waals surface area contributed by atoms with Crippen LogP contribution in [-0.2, 0) is 0 Å². The van der Waals surface area contributed by atoms with Crippen molar-refractivity contribution in [2.45, 2.75) is 108 Å². The second-order valence-electron chi connectivity index (χ2n) is 13.0. The van der Waals surface area contributed by atoms with E-state index in [4.69, 9.17) is 0 Å². The minimum absolute atomic E-state index is 0.308. The summed E-state index contributed by atoms with van der Waals surface area (Å²) in [5, 5.41) is 1.20. The minimum Gasteiger partial charge on any atom is -0.105 e. The molecule has 0 bridgehead atoms. The first-order valence-corrected chi connectivity index (χ1v) is 32.4. The first kappa shape index (κ1) is 24.0. The fourth-order valence-electron chi connectivity index (χ4n) is 5.83. The number of rotatable bonds is 6. The third kappa shape index (κ3) is 4.03. The van der Waals surface area contributed by atoms with Gasteiger partial charge in [-0.25, -0.2) is 0 Å². The van der Waals surface area contributed by atoms with Gasteiger partial charge in [0.1, 0.15) is 0 Å². The fraction of sp³-hybridized carbons (Fsp3) is 1.00. The lowest BCUT2D eigenvalue weighted by Crippen LogP contribution is -2.61. The molecule has 1 saturated heterocycles. The van der Waals surface area contributed by atoms with Gasteiger partial charge in [-0.1, -0.05) is 106 Å². The van der Waals surface area contributed by atoms with Crippen molar-refractivity contribution in [3.8, 4) is 0 Å². The smallest absolute Gasteiger partial charge is 0.0727 e. The number of hydrogen-bond acceptors (Lipinski definition) is 0. The molecule has 0 aromatic carbocycles. The van der Waals surface area contributed by atoms with Gasteiger partial charge in [-0.3, -0.25) is 0 Å². The third-order valence-corrected chi connectivity index (χ3v) is 70.8. The van der Waals surface area contributed by atoms with Gasteiger partial charge in [0.15, 0.2) is 0 Å². The lowest BCUT2D eigenvalue weighted by molar-refractivity contribution is 1.15. The van der Waals surface area contributed by atoms with E-state index in [1.165, 1.54) is 5.28 Å². The summed E-state index contributed by atoms with van der Waals surface area (Å²) in [5.74, 6) is 0. The lowest BCUT2D eigenvalue weighted by atomic mass is 10.9. The van der Waals surface area contributed by atoms with Crippen LogP contribution >= 0.6 is 14.3 Å². The quantitative estimate of drug-likeness (QED) is 0.281. The van der Waals surface area contributed by atoms with Crippen molar-refractivity contribution >= 4 is 54.0 Å². The summed E-state index contributed by atoms with van der Waals surface area (Å²) >= 11 is 0. The summed E-state index contributed by atoms with van der Waals surface area (Å²) in [5.41, 5.74) is 0. The van der Waals surface area contributed by atoms with E-state index in [0.717, 1.165) is 4.40 Å². The molecule has 0 amide bonds. The molecule has 24 heavy (non-hydrogen) atoms. The average molecular weight is 453 g/mol. The molecule has 1 heterocycles. The molecule has 1 aliphatic rings. The van der Waals surface area contributed by atoms with Gasteiger partial charge < -0.3 is 0 Å². The van der Waals surface area contributed by atoms with Crippen molar-refractivity contribution < 1.29 is 0 Å². The summed E-state index contributed by atoms with van der Waals surface area (Å²) in [6.45, 7) is 41.4. The van der Waals surface area contributed by atoms with Crippen molar-refractivity contribution in [1.29, 1.82) is 0 Å². The van der Waals surface area contributed by atoms with Crippen molar-refractivity contribution in [2.24, 2.45) is 0 Å². The van der Waals surface area contributed by atoms with Gasteiger partial charge in [-0.05, 0) is 9.68 Å². The van der Waals surface area contributed by atoms with E-state index in [1.54, 1.807) is 0 Å². The van der Waals surface area contributed by atoms with Crippen LogP contribution in [0.4, 0.5) is 0 Å². The normalized spacial score (nSPS) is 26.0. The second-order valence-corrected chi connectivity index (χ2v) is 58.8. The van der Waals surface area contributed by atoms with E-state index in [2.05, 4.69) is 98.2 Å². The molecule has 0 aromatic rings. The number of hydrogen-bond donors (Lipinski definition) is 0. The van der Waals surface area contributed by atoms with Gasteiger partial charge >= 0.3 is 0 Å². The Morgan fingerprint density at radius 3 is 1.00 bits per heavy atom. The first-order chi connectivity index (χ1) is 10.1. The molecule has 0 aromatic heterocycles. The van der Waals surface area contributed by atoms with E-state index in [1.807, 2.05) is 0 Å². The van der Waals surface area contributed by atoms with E-state index in [-0.39, 0.29) is 0 Å². The van der Waals surface area contributed by atoms with Gasteiger partial charge in [0.05, 0.1) is 39.7 Å². The first-order valence-electron chi connectivity index (χ1n) is 9.71. The van der Waals surface area contributed by atoms with Gasteiger partial charge in [-0.15, -0.1) is 6.71 Å². The van der Waals surface area contributed by atoms with Crippen molar-refractivity contribution in [3.63, 3.8) is 0 Å². The third-order valence-electron chi connectivity index (χ3n) is 5.53. The summed E-state index contributed by atoms with van der Waals surface area (Å²) in [6.07, 6.45) is 0. The van der Waals surface area contributed by atoms with Gasteiger partial charge in [0, 0.05) is 0 Å². The highest BCUT2D eigenvalue weighted by Crippen LogP contribution is 2.99. The van der Waals surface area contributed by atoms with Crippen LogP contribution in [0.5, 0.6) is 0 Å². The van der Waals surface area contributed by atoms with Crippen LogP contribution in [0.1, 0.15) is 0 Å². The van der Waals surface area contributed by atoms with E-state index in [0.29, 0.717) is 14.3 Å². The van der Waals surface area contributed by atoms with Crippen LogP contribution in [0, 0.1) is 0 Å². The van der Waals surface area contributed by atoms with Crippen LogP contribution in [0.15, 0.2) is 0 Å². The Balaban J connectivity index is 3.71. The molecule has 1 aliphatic heterocycles. The maximum absolute atomic E-state index is 2.75. The van der Waals surface area contributed by atoms with Gasteiger partial charge in [0.2, 0.25) is 0 Å². The SMILES string of the molecule is C[Si](C)(C)C1[P@@](P([Si](C)(C)C)[Si](C)(C)C)C1([Si](C)(C)C)[Si](C)(C)C. The zero-order chi connectivity index (χ0) is 19.7. The highest BCUT2D eigenvalue weighted by atomic mass is 32.3. The molecule has 0 saturated carbocycles. The maximum Gasteiger partial charge on any atom is 0.0727 e. The zero-order valence-electron chi connectivity index (χ0n) is 19.5. The maximum atomic E-state index is 2.75. The largest absolute Gasteiger partial charge is 0.105 e. The Labute approximate surface area is 161 Å². The molecular weight excluding hydrogens is 407 g/mol. The Hall–Kier alpha value is 1.94. The summed E-state index contributed by atoms with van der Waals surface area (Å²) in [6, 6.07) is 0. The van der Waals surface area contributed by atoms with Crippen LogP contribution in [0.2, 0.25) is 98.2 Å². The topological polar surface area (TPSA) is 0 Å². The molecule has 0 N–H and O–H groups in total. The molecule has 1 rings (SSSR count). The zero-order valence-corrected chi connectivity index (χ0v) is 26.3. The molecular formula is C17H46P2Si5. The second kappa shape index (κ2) is 6.49. The summed E-state index contributed by atoms with van der Waals surface area (Å²) in [7, 11) is -5.29. The molecule has 0 nitrogen and oxygen atoms in total. The lowest BCUT2D eigenvalue weighted by Gasteiger charge is -2.47. The van der Waals surface area contributed by atoms with E-state index < -0.39 is 39.7 Å². The Morgan fingerprint density at radius 2 is 0.875 bits per heavy atom. The molecule has 144 valence electrons. The average Bonchev–Trinajstić information content (AvgIpc) is 2.80. The standard InChI is InChI=1S/C17H46P2Si5/c1-20(2,3)16-17(21(4,5)6,22(7,8)9)18(16)19(23(10,11)12)24(13,14)15/h16H,1-15H3/t16?,18-/m1/s1. The highest BCUT2D eigenvalue weighted by molar-refractivity contribution is 8.61. The molecule has 1 unspecified atom stereocenters. The fourth-order valence-corrected chi connectivity index (χ4v) is 107. The molecule has 0 aliphatic carbocycles. The summed E-state index contributed by atoms with van der Waals surface area (Å²) in [4.78, 5) is 0. The monoisotopic (exact) mass is 452 g/mol. The van der Waals surface area contributed by atoms with Gasteiger partial charge in [0.25, 0.3) is 0 Å². The van der Waals surface area contributed by atoms with Crippen molar-refractivity contribution in [2.75, 3.05) is 0 Å². The van der Waals surface area contributed by atoms with Crippen LogP contribution in [-0.4, -0.2) is 49.4 Å². The predicted octanol–water partition coefficient (Wildman–Crippen LogP) is 8.29.